The summed E-state index contributed by atoms with van der Waals surface area (Å²) in [6.45, 7) is 0.574. The first-order chi connectivity index (χ1) is 15.7. The van der Waals surface area contributed by atoms with Crippen molar-refractivity contribution >= 4 is 41.1 Å². The van der Waals surface area contributed by atoms with Crippen molar-refractivity contribution in [3.05, 3.63) is 63.1 Å². The van der Waals surface area contributed by atoms with Gasteiger partial charge in [-0.25, -0.2) is 0 Å². The molecule has 0 radical (unpaired) electrons. The summed E-state index contributed by atoms with van der Waals surface area (Å²) in [4.78, 5) is 25.7. The van der Waals surface area contributed by atoms with E-state index < -0.39 is 36.7 Å². The Morgan fingerprint density at radius 1 is 1.24 bits per heavy atom. The van der Waals surface area contributed by atoms with Gasteiger partial charge in [-0.05, 0) is 48.0 Å². The van der Waals surface area contributed by atoms with Crippen LogP contribution in [0.15, 0.2) is 36.4 Å². The van der Waals surface area contributed by atoms with Crippen molar-refractivity contribution in [3.63, 3.8) is 0 Å². The minimum absolute atomic E-state index is 0.0681. The molecule has 0 saturated carbocycles. The molecule has 1 aliphatic rings. The minimum atomic E-state index is -2.00. The fourth-order valence-corrected chi connectivity index (χ4v) is 4.63. The number of halogens is 2. The summed E-state index contributed by atoms with van der Waals surface area (Å²) >= 11 is 12.7. The van der Waals surface area contributed by atoms with E-state index in [9.17, 15) is 24.9 Å². The van der Waals surface area contributed by atoms with E-state index in [-0.39, 0.29) is 12.2 Å². The van der Waals surface area contributed by atoms with Gasteiger partial charge in [0.1, 0.15) is 12.4 Å². The number of aldehydes is 1. The predicted molar refractivity (Wildman–Crippen MR) is 124 cm³/mol. The topological polar surface area (TPSA) is 130 Å². The molecule has 1 heterocycles. The third-order valence-electron chi connectivity index (χ3n) is 5.82. The Morgan fingerprint density at radius 3 is 2.64 bits per heavy atom. The van der Waals surface area contributed by atoms with Crippen LogP contribution in [0.2, 0.25) is 10.0 Å². The number of nitrogens with one attached hydrogen (secondary N) is 1. The molecule has 0 fully saturated rings. The summed E-state index contributed by atoms with van der Waals surface area (Å²) in [5, 5.41) is 42.6. The Balaban J connectivity index is 1.82. The maximum Gasteiger partial charge on any atom is 0.255 e. The number of carbonyl (C=O) groups excluding carboxylic acids is 2. The Hall–Kier alpha value is -2.04. The van der Waals surface area contributed by atoms with Gasteiger partial charge < -0.3 is 35.4 Å². The van der Waals surface area contributed by atoms with E-state index in [1.165, 1.54) is 0 Å². The van der Waals surface area contributed by atoms with Crippen LogP contribution in [0.3, 0.4) is 0 Å². The molecule has 8 nitrogen and oxygen atoms in total. The van der Waals surface area contributed by atoms with Gasteiger partial charge in [-0.15, -0.1) is 0 Å². The van der Waals surface area contributed by atoms with Crippen LogP contribution >= 0.6 is 23.2 Å². The van der Waals surface area contributed by atoms with E-state index in [2.05, 4.69) is 10.2 Å². The van der Waals surface area contributed by atoms with Crippen LogP contribution in [0.1, 0.15) is 22.6 Å². The molecule has 0 aliphatic carbocycles. The zero-order valence-corrected chi connectivity index (χ0v) is 19.4. The molecule has 0 spiro atoms. The molecular formula is C23H26Cl2N2O6. The van der Waals surface area contributed by atoms with Gasteiger partial charge in [0.05, 0.1) is 18.6 Å². The largest absolute Gasteiger partial charge is 0.394 e. The van der Waals surface area contributed by atoms with Crippen LogP contribution in [-0.2, 0) is 16.1 Å². The molecule has 5 N–H and O–H groups in total. The monoisotopic (exact) mass is 496 g/mol. The number of anilines is 1. The lowest BCUT2D eigenvalue weighted by Gasteiger charge is -2.33. The van der Waals surface area contributed by atoms with Crippen LogP contribution in [0.25, 0.3) is 0 Å². The zero-order chi connectivity index (χ0) is 24.3. The fourth-order valence-electron chi connectivity index (χ4n) is 4.07. The van der Waals surface area contributed by atoms with Crippen LogP contribution in [0.4, 0.5) is 5.69 Å². The minimum Gasteiger partial charge on any atom is -0.394 e. The molecule has 3 rings (SSSR count). The van der Waals surface area contributed by atoms with E-state index in [0.717, 1.165) is 16.7 Å². The second-order valence-electron chi connectivity index (χ2n) is 8.22. The first-order valence-corrected chi connectivity index (χ1v) is 11.1. The molecule has 5 atom stereocenters. The summed E-state index contributed by atoms with van der Waals surface area (Å²) in [5.41, 5.74) is 3.24. The van der Waals surface area contributed by atoms with Crippen molar-refractivity contribution in [2.75, 3.05) is 25.5 Å². The highest BCUT2D eigenvalue weighted by Gasteiger charge is 2.35. The molecule has 0 aromatic heterocycles. The predicted octanol–water partition coefficient (Wildman–Crippen LogP) is 1.40. The average Bonchev–Trinajstić information content (AvgIpc) is 2.79. The Labute approximate surface area is 201 Å². The number of hydrogen-bond acceptors (Lipinski definition) is 7. The maximum atomic E-state index is 12.5. The first kappa shape index (κ1) is 25.6. The number of amides is 1. The van der Waals surface area contributed by atoms with Crippen LogP contribution in [0.5, 0.6) is 0 Å². The lowest BCUT2D eigenvalue weighted by atomic mass is 9.84. The number of aliphatic hydroxyl groups excluding tert-OH is 4. The van der Waals surface area contributed by atoms with Gasteiger partial charge in [0.2, 0.25) is 0 Å². The van der Waals surface area contributed by atoms with Gasteiger partial charge in [0.15, 0.2) is 6.10 Å². The van der Waals surface area contributed by atoms with Crippen molar-refractivity contribution < 1.29 is 30.0 Å². The Bertz CT molecular complexity index is 1020. The van der Waals surface area contributed by atoms with Crippen molar-refractivity contribution in [2.45, 2.75) is 30.8 Å². The molecule has 10 heteroatoms. The van der Waals surface area contributed by atoms with Crippen molar-refractivity contribution in [1.29, 1.82) is 0 Å². The van der Waals surface area contributed by atoms with Gasteiger partial charge in [-0.2, -0.15) is 0 Å². The summed E-state index contributed by atoms with van der Waals surface area (Å²) in [5.74, 6) is -2.55. The molecule has 33 heavy (non-hydrogen) atoms. The summed E-state index contributed by atoms with van der Waals surface area (Å²) in [6.07, 6.45) is -5.30. The normalized spacial score (nSPS) is 19.8. The number of likely N-dealkylation sites (N-methyl/N-ethyl adjacent to an activating group) is 1. The lowest BCUT2D eigenvalue weighted by Crippen LogP contribution is -2.47. The summed E-state index contributed by atoms with van der Waals surface area (Å²) in [7, 11) is 1.98. The lowest BCUT2D eigenvalue weighted by molar-refractivity contribution is -0.139. The van der Waals surface area contributed by atoms with E-state index in [1.54, 1.807) is 24.3 Å². The highest BCUT2D eigenvalue weighted by molar-refractivity contribution is 6.35. The van der Waals surface area contributed by atoms with Gasteiger partial charge in [0.25, 0.3) is 5.91 Å². The summed E-state index contributed by atoms with van der Waals surface area (Å²) in [6, 6.07) is 10.6. The molecule has 2 aromatic rings. The zero-order valence-electron chi connectivity index (χ0n) is 17.9. The molecule has 0 unspecified atom stereocenters. The molecule has 1 aliphatic heterocycles. The van der Waals surface area contributed by atoms with Crippen molar-refractivity contribution in [3.8, 4) is 0 Å². The number of carbonyl (C=O) groups is 2. The van der Waals surface area contributed by atoms with Gasteiger partial charge in [-0.1, -0.05) is 35.3 Å². The quantitative estimate of drug-likeness (QED) is 0.349. The second kappa shape index (κ2) is 10.9. The van der Waals surface area contributed by atoms with Crippen LogP contribution in [0, 0.1) is 5.92 Å². The van der Waals surface area contributed by atoms with Gasteiger partial charge >= 0.3 is 0 Å². The maximum absolute atomic E-state index is 12.5. The number of nitrogens with zero attached hydrogens (tertiary/aromatic N) is 1. The number of rotatable bonds is 8. The second-order valence-corrected chi connectivity index (χ2v) is 9.06. The van der Waals surface area contributed by atoms with Gasteiger partial charge in [-0.3, -0.25) is 4.79 Å². The van der Waals surface area contributed by atoms with Crippen molar-refractivity contribution in [2.24, 2.45) is 5.92 Å². The molecule has 178 valence electrons. The third kappa shape index (κ3) is 5.73. The average molecular weight is 497 g/mol. The first-order valence-electron chi connectivity index (χ1n) is 10.3. The van der Waals surface area contributed by atoms with Crippen molar-refractivity contribution in [1.82, 2.24) is 4.90 Å². The molecule has 0 saturated heterocycles. The SMILES string of the molecule is CN1Cc2c(Cl)cc(Cl)cc2[C@H](c2cccc(NC(=O)[C@H](O)[C@@H](O)[C@H](C=O)[C@H](O)CO)c2)C1. The fraction of sp³-hybridized carbons (Fsp3) is 0.391. The van der Waals surface area contributed by atoms with E-state index in [0.29, 0.717) is 28.8 Å². The number of benzene rings is 2. The number of hydrogen-bond donors (Lipinski definition) is 5. The van der Waals surface area contributed by atoms with E-state index in [4.69, 9.17) is 28.3 Å². The van der Waals surface area contributed by atoms with E-state index >= 15 is 0 Å². The van der Waals surface area contributed by atoms with Gasteiger partial charge in [0, 0.05) is 34.7 Å². The number of aliphatic hydroxyl groups is 4. The van der Waals surface area contributed by atoms with E-state index in [1.807, 2.05) is 19.2 Å². The smallest absolute Gasteiger partial charge is 0.255 e. The Morgan fingerprint density at radius 2 is 1.97 bits per heavy atom. The summed E-state index contributed by atoms with van der Waals surface area (Å²) < 4.78 is 0. The third-order valence-corrected chi connectivity index (χ3v) is 6.38. The Kier molecular flexibility index (Phi) is 8.47. The molecule has 2 aromatic carbocycles. The highest BCUT2D eigenvalue weighted by atomic mass is 35.5. The highest BCUT2D eigenvalue weighted by Crippen LogP contribution is 2.38. The molecule has 0 bridgehead atoms. The molecular weight excluding hydrogens is 471 g/mol. The standard InChI is InChI=1S/C23H26Cl2N2O6/c1-27-8-16(15-6-13(24)7-19(25)17(15)9-27)12-3-2-4-14(5-12)26-23(33)22(32)21(31)18(10-28)20(30)11-29/h2-7,10,16,18,20-22,29-32H,8-9,11H2,1H3,(H,26,33)/t16-,18+,20+,21-,22+/m0/s1. The van der Waals surface area contributed by atoms with Crippen LogP contribution in [-0.4, -0.2) is 76.0 Å². The number of fused-ring (bicyclic) bond motifs is 1. The molecule has 1 amide bonds. The van der Waals surface area contributed by atoms with Crippen LogP contribution < -0.4 is 5.32 Å².